The van der Waals surface area contributed by atoms with Crippen LogP contribution in [0.3, 0.4) is 0 Å². The highest BCUT2D eigenvalue weighted by Gasteiger charge is 2.39. The number of aromatic nitrogens is 1. The van der Waals surface area contributed by atoms with Crippen LogP contribution in [0.2, 0.25) is 0 Å². The van der Waals surface area contributed by atoms with Gasteiger partial charge in [0.25, 0.3) is 0 Å². The Morgan fingerprint density at radius 3 is 2.71 bits per heavy atom. The van der Waals surface area contributed by atoms with Gasteiger partial charge < -0.3 is 15.0 Å². The van der Waals surface area contributed by atoms with Crippen LogP contribution in [0, 0.1) is 5.82 Å². The highest BCUT2D eigenvalue weighted by molar-refractivity contribution is 5.99. The molecule has 0 fully saturated rings. The van der Waals surface area contributed by atoms with Gasteiger partial charge in [0.2, 0.25) is 0 Å². The van der Waals surface area contributed by atoms with Crippen LogP contribution in [0.25, 0.3) is 0 Å². The van der Waals surface area contributed by atoms with Gasteiger partial charge in [-0.1, -0.05) is 6.07 Å². The number of hydrogen-bond donors (Lipinski definition) is 1. The Balaban J connectivity index is 1.83. The molecule has 0 unspecified atom stereocenters. The predicted octanol–water partition coefficient (Wildman–Crippen LogP) is 3.30. The lowest BCUT2D eigenvalue weighted by molar-refractivity contribution is 0.00958. The third kappa shape index (κ3) is 2.79. The maximum absolute atomic E-state index is 14.1. The highest BCUT2D eigenvalue weighted by atomic mass is 19.1. The summed E-state index contributed by atoms with van der Waals surface area (Å²) in [4.78, 5) is 18.1. The van der Waals surface area contributed by atoms with E-state index in [1.165, 1.54) is 6.07 Å². The van der Waals surface area contributed by atoms with Crippen molar-refractivity contribution < 1.29 is 13.9 Å². The Labute approximate surface area is 140 Å². The Morgan fingerprint density at radius 1 is 1.29 bits per heavy atom. The zero-order valence-corrected chi connectivity index (χ0v) is 14.2. The summed E-state index contributed by atoms with van der Waals surface area (Å²) in [5.41, 5.74) is 1.89. The van der Waals surface area contributed by atoms with E-state index in [1.54, 1.807) is 37.3 Å². The molecule has 1 aromatic heterocycles. The standard InChI is InChI=1S/C18H20FN3O2/c1-18(2)12-7-8-20-16(15(12)17(23)24-18)21-10-11-5-6-14(22(3)4)13(19)9-11/h5-9H,10H2,1-4H3,(H,20,21). The number of esters is 1. The van der Waals surface area contributed by atoms with Gasteiger partial charge in [-0.2, -0.15) is 0 Å². The summed E-state index contributed by atoms with van der Waals surface area (Å²) in [7, 11) is 3.59. The third-order valence-electron chi connectivity index (χ3n) is 4.11. The van der Waals surface area contributed by atoms with Gasteiger partial charge in [0, 0.05) is 32.4 Å². The lowest BCUT2D eigenvalue weighted by Crippen LogP contribution is -2.15. The van der Waals surface area contributed by atoms with E-state index in [2.05, 4.69) is 10.3 Å². The summed E-state index contributed by atoms with van der Waals surface area (Å²) in [6, 6.07) is 6.84. The van der Waals surface area contributed by atoms with Gasteiger partial charge >= 0.3 is 5.97 Å². The van der Waals surface area contributed by atoms with E-state index in [-0.39, 0.29) is 11.8 Å². The fraction of sp³-hybridized carbons (Fsp3) is 0.333. The van der Waals surface area contributed by atoms with Crippen LogP contribution in [-0.2, 0) is 16.9 Å². The molecule has 0 amide bonds. The number of nitrogens with one attached hydrogen (secondary N) is 1. The number of cyclic esters (lactones) is 1. The monoisotopic (exact) mass is 329 g/mol. The number of benzene rings is 1. The number of pyridine rings is 1. The Morgan fingerprint density at radius 2 is 2.04 bits per heavy atom. The average molecular weight is 329 g/mol. The van der Waals surface area contributed by atoms with Gasteiger partial charge in [-0.15, -0.1) is 0 Å². The van der Waals surface area contributed by atoms with E-state index in [9.17, 15) is 9.18 Å². The normalized spacial score (nSPS) is 15.0. The summed E-state index contributed by atoms with van der Waals surface area (Å²) < 4.78 is 19.4. The Bertz CT molecular complexity index is 803. The molecule has 0 spiro atoms. The van der Waals surface area contributed by atoms with E-state index in [1.807, 2.05) is 19.9 Å². The zero-order chi connectivity index (χ0) is 17.5. The van der Waals surface area contributed by atoms with Crippen LogP contribution < -0.4 is 10.2 Å². The summed E-state index contributed by atoms with van der Waals surface area (Å²) >= 11 is 0. The van der Waals surface area contributed by atoms with Crippen molar-refractivity contribution in [2.75, 3.05) is 24.3 Å². The first kappa shape index (κ1) is 16.2. The molecule has 1 aliphatic rings. The molecule has 24 heavy (non-hydrogen) atoms. The molecule has 1 aromatic carbocycles. The number of halogens is 1. The third-order valence-corrected chi connectivity index (χ3v) is 4.11. The minimum Gasteiger partial charge on any atom is -0.451 e. The number of rotatable bonds is 4. The topological polar surface area (TPSA) is 54.5 Å². The predicted molar refractivity (Wildman–Crippen MR) is 90.7 cm³/mol. The molecule has 1 aliphatic heterocycles. The van der Waals surface area contributed by atoms with Crippen LogP contribution in [0.1, 0.15) is 35.3 Å². The quantitative estimate of drug-likeness (QED) is 0.872. The fourth-order valence-electron chi connectivity index (χ4n) is 2.85. The second-order valence-corrected chi connectivity index (χ2v) is 6.52. The van der Waals surface area contributed by atoms with E-state index in [0.717, 1.165) is 11.1 Å². The van der Waals surface area contributed by atoms with Gasteiger partial charge in [-0.3, -0.25) is 0 Å². The van der Waals surface area contributed by atoms with Crippen molar-refractivity contribution >= 4 is 17.5 Å². The summed E-state index contributed by atoms with van der Waals surface area (Å²) in [5.74, 6) is -0.217. The zero-order valence-electron chi connectivity index (χ0n) is 14.2. The van der Waals surface area contributed by atoms with Gasteiger partial charge in [-0.25, -0.2) is 14.2 Å². The molecule has 126 valence electrons. The van der Waals surface area contributed by atoms with Gasteiger partial charge in [0.05, 0.1) is 5.69 Å². The van der Waals surface area contributed by atoms with Crippen molar-refractivity contribution in [2.24, 2.45) is 0 Å². The molecule has 0 atom stereocenters. The van der Waals surface area contributed by atoms with Crippen molar-refractivity contribution in [1.82, 2.24) is 4.98 Å². The number of fused-ring (bicyclic) bond motifs is 1. The van der Waals surface area contributed by atoms with Crippen molar-refractivity contribution in [3.8, 4) is 0 Å². The molecule has 0 saturated heterocycles. The first-order valence-electron chi connectivity index (χ1n) is 7.72. The van der Waals surface area contributed by atoms with Crippen LogP contribution in [0.5, 0.6) is 0 Å². The molecular weight excluding hydrogens is 309 g/mol. The molecule has 0 saturated carbocycles. The largest absolute Gasteiger partial charge is 0.451 e. The van der Waals surface area contributed by atoms with E-state index < -0.39 is 5.60 Å². The average Bonchev–Trinajstić information content (AvgIpc) is 2.75. The number of ether oxygens (including phenoxy) is 1. The van der Waals surface area contributed by atoms with E-state index in [4.69, 9.17) is 4.74 Å². The molecule has 5 nitrogen and oxygen atoms in total. The molecule has 0 bridgehead atoms. The van der Waals surface area contributed by atoms with Gasteiger partial charge in [0.15, 0.2) is 0 Å². The van der Waals surface area contributed by atoms with E-state index >= 15 is 0 Å². The van der Waals surface area contributed by atoms with E-state index in [0.29, 0.717) is 23.6 Å². The maximum atomic E-state index is 14.1. The summed E-state index contributed by atoms with van der Waals surface area (Å²) in [5, 5.41) is 3.11. The minimum absolute atomic E-state index is 0.286. The first-order valence-corrected chi connectivity index (χ1v) is 7.72. The summed E-state index contributed by atoms with van der Waals surface area (Å²) in [6.07, 6.45) is 1.64. The highest BCUT2D eigenvalue weighted by Crippen LogP contribution is 2.38. The van der Waals surface area contributed by atoms with Crippen LogP contribution >= 0.6 is 0 Å². The molecule has 3 rings (SSSR count). The van der Waals surface area contributed by atoms with Crippen molar-refractivity contribution in [3.63, 3.8) is 0 Å². The molecule has 0 aliphatic carbocycles. The fourth-order valence-corrected chi connectivity index (χ4v) is 2.85. The molecule has 2 aromatic rings. The number of hydrogen-bond acceptors (Lipinski definition) is 5. The molecule has 2 heterocycles. The molecule has 1 N–H and O–H groups in total. The van der Waals surface area contributed by atoms with Gasteiger partial charge in [0.1, 0.15) is 22.8 Å². The van der Waals surface area contributed by atoms with Crippen molar-refractivity contribution in [2.45, 2.75) is 26.0 Å². The second kappa shape index (κ2) is 5.78. The summed E-state index contributed by atoms with van der Waals surface area (Å²) in [6.45, 7) is 4.05. The number of carbonyl (C=O) groups is 1. The van der Waals surface area contributed by atoms with Crippen molar-refractivity contribution in [3.05, 3.63) is 53.0 Å². The SMILES string of the molecule is CN(C)c1ccc(CNc2nccc3c2C(=O)OC3(C)C)cc1F. The van der Waals surface area contributed by atoms with Crippen LogP contribution in [0.4, 0.5) is 15.9 Å². The van der Waals surface area contributed by atoms with Crippen molar-refractivity contribution in [1.29, 1.82) is 0 Å². The van der Waals surface area contributed by atoms with Gasteiger partial charge in [-0.05, 0) is 37.6 Å². The lowest BCUT2D eigenvalue weighted by Gasteiger charge is -2.17. The smallest absolute Gasteiger partial charge is 0.343 e. The molecule has 0 radical (unpaired) electrons. The Kier molecular flexibility index (Phi) is 3.91. The number of carbonyl (C=O) groups excluding carboxylic acids is 1. The van der Waals surface area contributed by atoms with Crippen LogP contribution in [-0.4, -0.2) is 25.0 Å². The minimum atomic E-state index is -0.661. The van der Waals surface area contributed by atoms with Crippen LogP contribution in [0.15, 0.2) is 30.5 Å². The molecule has 6 heteroatoms. The number of nitrogens with zero attached hydrogens (tertiary/aromatic N) is 2. The molecular formula is C18H20FN3O2. The second-order valence-electron chi connectivity index (χ2n) is 6.52. The Hall–Kier alpha value is -2.63. The maximum Gasteiger partial charge on any atom is 0.343 e. The lowest BCUT2D eigenvalue weighted by atomic mass is 9.97. The number of anilines is 2. The first-order chi connectivity index (χ1) is 11.3.